The Balaban J connectivity index is 2.39. The van der Waals surface area contributed by atoms with Gasteiger partial charge < -0.3 is 16.2 Å². The summed E-state index contributed by atoms with van der Waals surface area (Å²) in [4.78, 5) is 10.3. The molecular weight excluding hydrogens is 132 g/mol. The van der Waals surface area contributed by atoms with Gasteiger partial charge in [-0.05, 0) is 18.9 Å². The highest BCUT2D eigenvalue weighted by molar-refractivity contribution is 5.73. The van der Waals surface area contributed by atoms with Gasteiger partial charge in [-0.15, -0.1) is 0 Å². The summed E-state index contributed by atoms with van der Waals surface area (Å²) in [5.41, 5.74) is 5.38. The second-order valence-electron chi connectivity index (χ2n) is 2.62. The summed E-state index contributed by atoms with van der Waals surface area (Å²) in [5.74, 6) is -0.772. The van der Waals surface area contributed by atoms with Crippen molar-refractivity contribution in [3.05, 3.63) is 0 Å². The van der Waals surface area contributed by atoms with Crippen molar-refractivity contribution in [2.75, 3.05) is 13.1 Å². The van der Waals surface area contributed by atoms with Crippen LogP contribution in [-0.4, -0.2) is 30.2 Å². The second-order valence-corrected chi connectivity index (χ2v) is 2.62. The molecular formula is C6H12N2O2. The largest absolute Gasteiger partial charge is 0.480 e. The highest BCUT2D eigenvalue weighted by Crippen LogP contribution is 2.10. The van der Waals surface area contributed by atoms with E-state index in [1.807, 2.05) is 0 Å². The molecule has 0 aromatic heterocycles. The zero-order valence-electron chi connectivity index (χ0n) is 5.71. The third-order valence-electron chi connectivity index (χ3n) is 1.89. The predicted octanol–water partition coefficient (Wildman–Crippen LogP) is -0.992. The fraction of sp³-hybridized carbons (Fsp3) is 0.833. The lowest BCUT2D eigenvalue weighted by Crippen LogP contribution is -2.38. The molecule has 0 radical (unpaired) electrons. The summed E-state index contributed by atoms with van der Waals surface area (Å²) in [5, 5.41) is 11.6. The smallest absolute Gasteiger partial charge is 0.320 e. The fourth-order valence-corrected chi connectivity index (χ4v) is 1.19. The summed E-state index contributed by atoms with van der Waals surface area (Å²) in [7, 11) is 0. The van der Waals surface area contributed by atoms with Crippen LogP contribution in [0.2, 0.25) is 0 Å². The molecule has 1 rings (SSSR count). The number of hydrogen-bond donors (Lipinski definition) is 3. The number of nitrogens with one attached hydrogen (secondary N) is 1. The number of hydrogen-bond acceptors (Lipinski definition) is 3. The highest BCUT2D eigenvalue weighted by atomic mass is 16.4. The van der Waals surface area contributed by atoms with Gasteiger partial charge in [0.05, 0.1) is 0 Å². The van der Waals surface area contributed by atoms with E-state index in [0.29, 0.717) is 0 Å². The lowest BCUT2D eigenvalue weighted by molar-refractivity contribution is -0.139. The van der Waals surface area contributed by atoms with E-state index in [1.165, 1.54) is 0 Å². The topological polar surface area (TPSA) is 75.4 Å². The van der Waals surface area contributed by atoms with Gasteiger partial charge in [-0.1, -0.05) is 0 Å². The van der Waals surface area contributed by atoms with Crippen LogP contribution in [0, 0.1) is 5.92 Å². The highest BCUT2D eigenvalue weighted by Gasteiger charge is 2.26. The molecule has 0 spiro atoms. The average Bonchev–Trinajstić information content (AvgIpc) is 2.36. The molecule has 1 fully saturated rings. The molecule has 10 heavy (non-hydrogen) atoms. The Morgan fingerprint density at radius 2 is 2.50 bits per heavy atom. The van der Waals surface area contributed by atoms with E-state index in [0.717, 1.165) is 19.5 Å². The van der Waals surface area contributed by atoms with E-state index >= 15 is 0 Å². The van der Waals surface area contributed by atoms with Crippen LogP contribution in [0.15, 0.2) is 0 Å². The first-order valence-corrected chi connectivity index (χ1v) is 3.41. The Kier molecular flexibility index (Phi) is 2.24. The number of aliphatic carboxylic acids is 1. The van der Waals surface area contributed by atoms with Crippen LogP contribution in [0.4, 0.5) is 0 Å². The molecule has 0 saturated carbocycles. The van der Waals surface area contributed by atoms with Gasteiger partial charge in [0.2, 0.25) is 0 Å². The zero-order chi connectivity index (χ0) is 7.56. The maximum atomic E-state index is 10.3. The third-order valence-corrected chi connectivity index (χ3v) is 1.89. The van der Waals surface area contributed by atoms with Gasteiger partial charge in [-0.2, -0.15) is 0 Å². The monoisotopic (exact) mass is 144 g/mol. The Hall–Kier alpha value is -0.610. The van der Waals surface area contributed by atoms with Crippen LogP contribution < -0.4 is 11.1 Å². The molecule has 0 unspecified atom stereocenters. The van der Waals surface area contributed by atoms with Crippen LogP contribution in [0.25, 0.3) is 0 Å². The third kappa shape index (κ3) is 1.46. The number of carboxylic acids is 1. The van der Waals surface area contributed by atoms with Crippen molar-refractivity contribution in [2.24, 2.45) is 11.7 Å². The molecule has 1 saturated heterocycles. The SMILES string of the molecule is N[C@H](C(=O)O)[C@H]1CCNC1. The van der Waals surface area contributed by atoms with E-state index < -0.39 is 12.0 Å². The van der Waals surface area contributed by atoms with Crippen molar-refractivity contribution in [3.8, 4) is 0 Å². The Morgan fingerprint density at radius 1 is 1.80 bits per heavy atom. The van der Waals surface area contributed by atoms with Crippen molar-refractivity contribution in [2.45, 2.75) is 12.5 Å². The van der Waals surface area contributed by atoms with Crippen LogP contribution in [0.5, 0.6) is 0 Å². The summed E-state index contributed by atoms with van der Waals surface area (Å²) in [6.45, 7) is 1.64. The van der Waals surface area contributed by atoms with Gasteiger partial charge in [0.15, 0.2) is 0 Å². The van der Waals surface area contributed by atoms with Gasteiger partial charge in [0.1, 0.15) is 6.04 Å². The molecule has 0 aliphatic carbocycles. The van der Waals surface area contributed by atoms with Crippen molar-refractivity contribution >= 4 is 5.97 Å². The first-order valence-electron chi connectivity index (χ1n) is 3.41. The van der Waals surface area contributed by atoms with Gasteiger partial charge in [-0.25, -0.2) is 0 Å². The van der Waals surface area contributed by atoms with E-state index in [4.69, 9.17) is 10.8 Å². The van der Waals surface area contributed by atoms with Crippen molar-refractivity contribution in [1.29, 1.82) is 0 Å². The zero-order valence-corrected chi connectivity index (χ0v) is 5.71. The summed E-state index contributed by atoms with van der Waals surface area (Å²) in [6, 6.07) is -0.685. The standard InChI is InChI=1S/C6H12N2O2/c7-5(6(9)10)4-1-2-8-3-4/h4-5,8H,1-3,7H2,(H,9,10)/t4-,5-/m0/s1. The fourth-order valence-electron chi connectivity index (χ4n) is 1.19. The molecule has 1 aliphatic rings. The normalized spacial score (nSPS) is 28.3. The van der Waals surface area contributed by atoms with Crippen molar-refractivity contribution in [3.63, 3.8) is 0 Å². The number of rotatable bonds is 2. The minimum Gasteiger partial charge on any atom is -0.480 e. The van der Waals surface area contributed by atoms with E-state index in [9.17, 15) is 4.79 Å². The van der Waals surface area contributed by atoms with Crippen molar-refractivity contribution < 1.29 is 9.90 Å². The molecule has 0 amide bonds. The van der Waals surface area contributed by atoms with Crippen LogP contribution in [-0.2, 0) is 4.79 Å². The molecule has 58 valence electrons. The first-order chi connectivity index (χ1) is 4.72. The van der Waals surface area contributed by atoms with E-state index in [2.05, 4.69) is 5.32 Å². The molecule has 1 heterocycles. The molecule has 0 bridgehead atoms. The molecule has 1 aliphatic heterocycles. The van der Waals surface area contributed by atoms with Gasteiger partial charge in [0.25, 0.3) is 0 Å². The summed E-state index contributed by atoms with van der Waals surface area (Å²) >= 11 is 0. The number of carbonyl (C=O) groups is 1. The lowest BCUT2D eigenvalue weighted by Gasteiger charge is -2.11. The Labute approximate surface area is 59.4 Å². The summed E-state index contributed by atoms with van der Waals surface area (Å²) in [6.07, 6.45) is 0.882. The van der Waals surface area contributed by atoms with Gasteiger partial charge in [0, 0.05) is 6.54 Å². The molecule has 2 atom stereocenters. The second kappa shape index (κ2) is 2.98. The molecule has 4 heteroatoms. The Bertz CT molecular complexity index is 132. The predicted molar refractivity (Wildman–Crippen MR) is 36.6 cm³/mol. The summed E-state index contributed by atoms with van der Waals surface area (Å²) < 4.78 is 0. The van der Waals surface area contributed by atoms with Crippen LogP contribution >= 0.6 is 0 Å². The Morgan fingerprint density at radius 3 is 2.90 bits per heavy atom. The number of nitrogens with two attached hydrogens (primary N) is 1. The maximum Gasteiger partial charge on any atom is 0.320 e. The van der Waals surface area contributed by atoms with Crippen LogP contribution in [0.3, 0.4) is 0 Å². The molecule has 0 aromatic carbocycles. The van der Waals surface area contributed by atoms with E-state index in [-0.39, 0.29) is 5.92 Å². The minimum atomic E-state index is -0.895. The maximum absolute atomic E-state index is 10.3. The first kappa shape index (κ1) is 7.50. The van der Waals surface area contributed by atoms with Crippen molar-refractivity contribution in [1.82, 2.24) is 5.32 Å². The average molecular weight is 144 g/mol. The van der Waals surface area contributed by atoms with Gasteiger partial charge in [-0.3, -0.25) is 4.79 Å². The lowest BCUT2D eigenvalue weighted by atomic mass is 10.0. The van der Waals surface area contributed by atoms with Crippen LogP contribution in [0.1, 0.15) is 6.42 Å². The van der Waals surface area contributed by atoms with E-state index in [1.54, 1.807) is 0 Å². The quantitative estimate of drug-likeness (QED) is 0.465. The molecule has 4 nitrogen and oxygen atoms in total. The molecule has 0 aromatic rings. The minimum absolute atomic E-state index is 0.123. The molecule has 4 N–H and O–H groups in total. The van der Waals surface area contributed by atoms with Gasteiger partial charge >= 0.3 is 5.97 Å². The number of carboxylic acid groups (broad SMARTS) is 1.